The summed E-state index contributed by atoms with van der Waals surface area (Å²) in [6.45, 7) is 9.54. The monoisotopic (exact) mass is 363 g/mol. The predicted octanol–water partition coefficient (Wildman–Crippen LogP) is 5.70. The quantitative estimate of drug-likeness (QED) is 0.561. The van der Waals surface area contributed by atoms with Crippen molar-refractivity contribution in [2.45, 2.75) is 46.1 Å². The summed E-state index contributed by atoms with van der Waals surface area (Å²) in [5.74, 6) is -0.148. The molecule has 0 amide bonds. The summed E-state index contributed by atoms with van der Waals surface area (Å²) in [6.07, 6.45) is 0.367. The summed E-state index contributed by atoms with van der Waals surface area (Å²) >= 11 is 0. The Bertz CT molecular complexity index is 1010. The van der Waals surface area contributed by atoms with Gasteiger partial charge in [0.15, 0.2) is 6.29 Å². The Morgan fingerprint density at radius 1 is 1.11 bits per heavy atom. The SMILES string of the molecule is Cc1cccc([C@@H](C)c2c(C=O)c3ccccc3n2C(=O)OC(C)(C)C)c1. The summed E-state index contributed by atoms with van der Waals surface area (Å²) < 4.78 is 7.20. The van der Waals surface area contributed by atoms with Gasteiger partial charge < -0.3 is 4.74 Å². The van der Waals surface area contributed by atoms with Crippen LogP contribution in [0.2, 0.25) is 0 Å². The number of aromatic nitrogens is 1. The maximum Gasteiger partial charge on any atom is 0.419 e. The Morgan fingerprint density at radius 2 is 1.81 bits per heavy atom. The molecule has 1 heterocycles. The van der Waals surface area contributed by atoms with Crippen LogP contribution in [-0.2, 0) is 4.74 Å². The number of carbonyl (C=O) groups excluding carboxylic acids is 2. The van der Waals surface area contributed by atoms with Crippen LogP contribution in [-0.4, -0.2) is 22.5 Å². The number of hydrogen-bond donors (Lipinski definition) is 0. The van der Waals surface area contributed by atoms with Gasteiger partial charge in [0.1, 0.15) is 5.60 Å². The molecule has 0 saturated carbocycles. The number of fused-ring (bicyclic) bond motifs is 1. The molecule has 0 aliphatic rings. The Balaban J connectivity index is 2.28. The molecule has 4 heteroatoms. The van der Waals surface area contributed by atoms with Gasteiger partial charge in [-0.2, -0.15) is 0 Å². The first-order valence-corrected chi connectivity index (χ1v) is 9.11. The minimum Gasteiger partial charge on any atom is -0.443 e. The van der Waals surface area contributed by atoms with Gasteiger partial charge in [-0.15, -0.1) is 0 Å². The highest BCUT2D eigenvalue weighted by atomic mass is 16.6. The molecule has 2 aromatic carbocycles. The molecular formula is C23H25NO3. The number of carbonyl (C=O) groups is 2. The van der Waals surface area contributed by atoms with E-state index in [4.69, 9.17) is 4.74 Å². The minimum atomic E-state index is -0.631. The van der Waals surface area contributed by atoms with E-state index >= 15 is 0 Å². The lowest BCUT2D eigenvalue weighted by atomic mass is 9.93. The van der Waals surface area contributed by atoms with Gasteiger partial charge in [-0.25, -0.2) is 9.36 Å². The van der Waals surface area contributed by atoms with Gasteiger partial charge in [0.2, 0.25) is 0 Å². The fourth-order valence-corrected chi connectivity index (χ4v) is 3.44. The molecule has 0 aliphatic heterocycles. The Labute approximate surface area is 159 Å². The summed E-state index contributed by atoms with van der Waals surface area (Å²) in [6, 6.07) is 15.6. The number of hydrogen-bond acceptors (Lipinski definition) is 3. The molecule has 1 atom stereocenters. The normalized spacial score (nSPS) is 12.8. The number of aldehydes is 1. The third-order valence-electron chi connectivity index (χ3n) is 4.60. The van der Waals surface area contributed by atoms with Crippen molar-refractivity contribution in [2.75, 3.05) is 0 Å². The lowest BCUT2D eigenvalue weighted by Crippen LogP contribution is -2.28. The molecule has 0 spiro atoms. The highest BCUT2D eigenvalue weighted by Crippen LogP contribution is 2.34. The van der Waals surface area contributed by atoms with E-state index in [2.05, 4.69) is 6.07 Å². The molecule has 3 aromatic rings. The molecule has 0 N–H and O–H groups in total. The second-order valence-corrected chi connectivity index (χ2v) is 7.89. The van der Waals surface area contributed by atoms with Crippen LogP contribution in [0.15, 0.2) is 48.5 Å². The van der Waals surface area contributed by atoms with Gasteiger partial charge in [-0.1, -0.05) is 55.0 Å². The average molecular weight is 363 g/mol. The number of benzene rings is 2. The molecule has 0 aliphatic carbocycles. The summed E-state index contributed by atoms with van der Waals surface area (Å²) in [5.41, 5.74) is 3.42. The second-order valence-electron chi connectivity index (χ2n) is 7.89. The van der Waals surface area contributed by atoms with Crippen LogP contribution < -0.4 is 0 Å². The molecule has 0 fully saturated rings. The van der Waals surface area contributed by atoms with E-state index in [1.165, 1.54) is 0 Å². The standard InChI is InChI=1S/C23H25NO3/c1-15-9-8-10-17(13-15)16(2)21-19(14-25)18-11-6-7-12-20(18)24(21)22(26)27-23(3,4)5/h6-14,16H,1-5H3/t16-/m1/s1. The third-order valence-corrected chi connectivity index (χ3v) is 4.60. The minimum absolute atomic E-state index is 0.148. The highest BCUT2D eigenvalue weighted by Gasteiger charge is 2.28. The van der Waals surface area contributed by atoms with Crippen LogP contribution in [0.3, 0.4) is 0 Å². The van der Waals surface area contributed by atoms with Crippen molar-refractivity contribution < 1.29 is 14.3 Å². The lowest BCUT2D eigenvalue weighted by molar-refractivity contribution is 0.0539. The summed E-state index contributed by atoms with van der Waals surface area (Å²) in [7, 11) is 0. The summed E-state index contributed by atoms with van der Waals surface area (Å²) in [4.78, 5) is 25.1. The topological polar surface area (TPSA) is 48.3 Å². The van der Waals surface area contributed by atoms with Crippen molar-refractivity contribution >= 4 is 23.3 Å². The molecule has 1 aromatic heterocycles. The molecule has 0 unspecified atom stereocenters. The van der Waals surface area contributed by atoms with Gasteiger partial charge in [0.05, 0.1) is 5.52 Å². The van der Waals surface area contributed by atoms with E-state index in [1.807, 2.05) is 77.1 Å². The zero-order chi connectivity index (χ0) is 19.8. The fraction of sp³-hybridized carbons (Fsp3) is 0.304. The molecule has 0 bridgehead atoms. The van der Waals surface area contributed by atoms with Gasteiger partial charge in [-0.3, -0.25) is 4.79 Å². The Hall–Kier alpha value is -2.88. The van der Waals surface area contributed by atoms with Gasteiger partial charge in [0.25, 0.3) is 0 Å². The zero-order valence-corrected chi connectivity index (χ0v) is 16.4. The number of para-hydroxylation sites is 1. The van der Waals surface area contributed by atoms with Crippen molar-refractivity contribution in [2.24, 2.45) is 0 Å². The van der Waals surface area contributed by atoms with E-state index in [-0.39, 0.29) is 5.92 Å². The largest absolute Gasteiger partial charge is 0.443 e. The van der Waals surface area contributed by atoms with Gasteiger partial charge in [-0.05, 0) is 39.3 Å². The van der Waals surface area contributed by atoms with Gasteiger partial charge in [0, 0.05) is 22.6 Å². The van der Waals surface area contributed by atoms with Crippen LogP contribution >= 0.6 is 0 Å². The first-order chi connectivity index (χ1) is 12.7. The molecule has 4 nitrogen and oxygen atoms in total. The van der Waals surface area contributed by atoms with Crippen molar-refractivity contribution in [3.8, 4) is 0 Å². The number of rotatable bonds is 3. The zero-order valence-electron chi connectivity index (χ0n) is 16.4. The first kappa shape index (κ1) is 18.9. The van der Waals surface area contributed by atoms with Crippen LogP contribution in [0.4, 0.5) is 4.79 Å². The average Bonchev–Trinajstić information content (AvgIpc) is 2.94. The van der Waals surface area contributed by atoms with E-state index in [0.717, 1.165) is 22.8 Å². The molecule has 0 saturated heterocycles. The second kappa shape index (κ2) is 7.03. The fourth-order valence-electron chi connectivity index (χ4n) is 3.44. The molecular weight excluding hydrogens is 338 g/mol. The van der Waals surface area contributed by atoms with E-state index in [9.17, 15) is 9.59 Å². The van der Waals surface area contributed by atoms with Crippen LogP contribution in [0, 0.1) is 6.92 Å². The molecule has 140 valence electrons. The number of nitrogens with zero attached hydrogens (tertiary/aromatic N) is 1. The maximum atomic E-state index is 13.1. The van der Waals surface area contributed by atoms with Crippen molar-refractivity contribution in [1.82, 2.24) is 4.57 Å². The predicted molar refractivity (Wildman–Crippen MR) is 108 cm³/mol. The van der Waals surface area contributed by atoms with Crippen LogP contribution in [0.1, 0.15) is 60.8 Å². The Kier molecular flexibility index (Phi) is 4.92. The third kappa shape index (κ3) is 3.65. The van der Waals surface area contributed by atoms with Crippen LogP contribution in [0.25, 0.3) is 10.9 Å². The Morgan fingerprint density at radius 3 is 2.44 bits per heavy atom. The molecule has 27 heavy (non-hydrogen) atoms. The molecule has 3 rings (SSSR count). The first-order valence-electron chi connectivity index (χ1n) is 9.11. The highest BCUT2D eigenvalue weighted by molar-refractivity contribution is 6.03. The van der Waals surface area contributed by atoms with Crippen molar-refractivity contribution in [3.63, 3.8) is 0 Å². The van der Waals surface area contributed by atoms with E-state index < -0.39 is 11.7 Å². The van der Waals surface area contributed by atoms with Crippen molar-refractivity contribution in [1.29, 1.82) is 0 Å². The van der Waals surface area contributed by atoms with Crippen LogP contribution in [0.5, 0.6) is 0 Å². The summed E-state index contributed by atoms with van der Waals surface area (Å²) in [5, 5.41) is 0.757. The smallest absolute Gasteiger partial charge is 0.419 e. The molecule has 0 radical (unpaired) electrons. The van der Waals surface area contributed by atoms with E-state index in [1.54, 1.807) is 4.57 Å². The van der Waals surface area contributed by atoms with Crippen molar-refractivity contribution in [3.05, 3.63) is 70.9 Å². The lowest BCUT2D eigenvalue weighted by Gasteiger charge is -2.22. The van der Waals surface area contributed by atoms with E-state index in [0.29, 0.717) is 16.8 Å². The maximum absolute atomic E-state index is 13.1. The number of aryl methyl sites for hydroxylation is 1. The van der Waals surface area contributed by atoms with Gasteiger partial charge >= 0.3 is 6.09 Å². The number of ether oxygens (including phenoxy) is 1.